The Hall–Kier alpha value is -3.35. The van der Waals surface area contributed by atoms with Gasteiger partial charge in [0.25, 0.3) is 5.91 Å². The number of rotatable bonds is 8. The minimum Gasteiger partial charge on any atom is -0.484 e. The second kappa shape index (κ2) is 10.8. The summed E-state index contributed by atoms with van der Waals surface area (Å²) in [5.74, 6) is 1.42. The SMILES string of the molecule is O=C(COc1ccccc1)NCCc1nc2ccccc2n1CC(=O)N1CCCCCC1. The molecule has 1 aliphatic rings. The minimum atomic E-state index is -0.183. The summed E-state index contributed by atoms with van der Waals surface area (Å²) in [6.45, 7) is 2.34. The van der Waals surface area contributed by atoms with Crippen molar-refractivity contribution in [2.45, 2.75) is 38.6 Å². The number of para-hydroxylation sites is 3. The van der Waals surface area contributed by atoms with Crippen LogP contribution in [0.5, 0.6) is 5.75 Å². The predicted molar refractivity (Wildman–Crippen MR) is 123 cm³/mol. The molecule has 0 aliphatic carbocycles. The first-order chi connectivity index (χ1) is 15.7. The van der Waals surface area contributed by atoms with Gasteiger partial charge >= 0.3 is 0 Å². The summed E-state index contributed by atoms with van der Waals surface area (Å²) < 4.78 is 7.48. The van der Waals surface area contributed by atoms with Crippen LogP contribution in [0.25, 0.3) is 11.0 Å². The molecule has 2 aromatic carbocycles. The number of benzene rings is 2. The highest BCUT2D eigenvalue weighted by atomic mass is 16.5. The van der Waals surface area contributed by atoms with Gasteiger partial charge in [0.2, 0.25) is 5.91 Å². The Bertz CT molecular complexity index is 1040. The van der Waals surface area contributed by atoms with E-state index in [9.17, 15) is 9.59 Å². The Morgan fingerprint density at radius 2 is 1.66 bits per heavy atom. The third-order valence-corrected chi connectivity index (χ3v) is 5.77. The molecule has 1 fully saturated rings. The molecule has 1 aliphatic heterocycles. The molecule has 0 saturated carbocycles. The molecule has 1 aromatic heterocycles. The lowest BCUT2D eigenvalue weighted by molar-refractivity contribution is -0.131. The quantitative estimate of drug-likeness (QED) is 0.591. The lowest BCUT2D eigenvalue weighted by atomic mass is 10.2. The van der Waals surface area contributed by atoms with Gasteiger partial charge in [0, 0.05) is 26.1 Å². The van der Waals surface area contributed by atoms with Crippen LogP contribution in [0.1, 0.15) is 31.5 Å². The zero-order valence-electron chi connectivity index (χ0n) is 18.3. The van der Waals surface area contributed by atoms with E-state index in [-0.39, 0.29) is 25.0 Å². The number of aromatic nitrogens is 2. The van der Waals surface area contributed by atoms with Crippen LogP contribution in [-0.4, -0.2) is 52.5 Å². The van der Waals surface area contributed by atoms with Crippen molar-refractivity contribution in [1.82, 2.24) is 19.8 Å². The first kappa shape index (κ1) is 21.9. The zero-order chi connectivity index (χ0) is 22.2. The molecule has 0 atom stereocenters. The van der Waals surface area contributed by atoms with Gasteiger partial charge in [-0.15, -0.1) is 0 Å². The molecule has 0 bridgehead atoms. The number of imidazole rings is 1. The predicted octanol–water partition coefficient (Wildman–Crippen LogP) is 3.18. The van der Waals surface area contributed by atoms with E-state index in [0.717, 1.165) is 42.8 Å². The normalized spacial score (nSPS) is 14.2. The van der Waals surface area contributed by atoms with Gasteiger partial charge in [0.1, 0.15) is 18.1 Å². The van der Waals surface area contributed by atoms with Gasteiger partial charge in [-0.2, -0.15) is 0 Å². The van der Waals surface area contributed by atoms with E-state index in [1.807, 2.05) is 64.1 Å². The van der Waals surface area contributed by atoms with Crippen molar-refractivity contribution in [2.75, 3.05) is 26.2 Å². The van der Waals surface area contributed by atoms with Crippen molar-refractivity contribution >= 4 is 22.8 Å². The van der Waals surface area contributed by atoms with Gasteiger partial charge in [-0.3, -0.25) is 9.59 Å². The maximum atomic E-state index is 13.0. The van der Waals surface area contributed by atoms with Crippen molar-refractivity contribution < 1.29 is 14.3 Å². The first-order valence-electron chi connectivity index (χ1n) is 11.4. The van der Waals surface area contributed by atoms with Crippen LogP contribution in [-0.2, 0) is 22.6 Å². The lowest BCUT2D eigenvalue weighted by Gasteiger charge is -2.21. The highest BCUT2D eigenvalue weighted by Gasteiger charge is 2.19. The topological polar surface area (TPSA) is 76.5 Å². The smallest absolute Gasteiger partial charge is 0.257 e. The van der Waals surface area contributed by atoms with Crippen molar-refractivity contribution in [3.05, 3.63) is 60.4 Å². The Morgan fingerprint density at radius 1 is 0.938 bits per heavy atom. The van der Waals surface area contributed by atoms with Gasteiger partial charge in [-0.25, -0.2) is 4.98 Å². The highest BCUT2D eigenvalue weighted by molar-refractivity contribution is 5.81. The molecule has 7 heteroatoms. The molecule has 0 spiro atoms. The number of nitrogens with zero attached hydrogens (tertiary/aromatic N) is 3. The Kier molecular flexibility index (Phi) is 7.38. The Morgan fingerprint density at radius 3 is 2.44 bits per heavy atom. The molecule has 1 saturated heterocycles. The zero-order valence-corrected chi connectivity index (χ0v) is 18.3. The fourth-order valence-electron chi connectivity index (χ4n) is 4.08. The molecule has 1 N–H and O–H groups in total. The number of hydrogen-bond acceptors (Lipinski definition) is 4. The Labute approximate surface area is 188 Å². The fraction of sp³-hybridized carbons (Fsp3) is 0.400. The summed E-state index contributed by atoms with van der Waals surface area (Å²) in [7, 11) is 0. The second-order valence-electron chi connectivity index (χ2n) is 8.10. The number of carbonyl (C=O) groups excluding carboxylic acids is 2. The molecule has 2 amide bonds. The summed E-state index contributed by atoms with van der Waals surface area (Å²) in [4.78, 5) is 31.9. The van der Waals surface area contributed by atoms with Gasteiger partial charge < -0.3 is 19.5 Å². The van der Waals surface area contributed by atoms with Crippen LogP contribution in [0.15, 0.2) is 54.6 Å². The average Bonchev–Trinajstić information content (AvgIpc) is 2.98. The van der Waals surface area contributed by atoms with E-state index in [2.05, 4.69) is 5.32 Å². The maximum absolute atomic E-state index is 13.0. The summed E-state index contributed by atoms with van der Waals surface area (Å²) in [5, 5.41) is 2.89. The van der Waals surface area contributed by atoms with Crippen LogP contribution >= 0.6 is 0 Å². The number of nitrogens with one attached hydrogen (secondary N) is 1. The molecule has 32 heavy (non-hydrogen) atoms. The summed E-state index contributed by atoms with van der Waals surface area (Å²) in [5.41, 5.74) is 1.81. The molecular formula is C25H30N4O3. The van der Waals surface area contributed by atoms with E-state index in [0.29, 0.717) is 18.7 Å². The lowest BCUT2D eigenvalue weighted by Crippen LogP contribution is -2.35. The van der Waals surface area contributed by atoms with Crippen LogP contribution in [0.2, 0.25) is 0 Å². The first-order valence-corrected chi connectivity index (χ1v) is 11.4. The second-order valence-corrected chi connectivity index (χ2v) is 8.10. The van der Waals surface area contributed by atoms with Gasteiger partial charge in [-0.1, -0.05) is 43.2 Å². The highest BCUT2D eigenvalue weighted by Crippen LogP contribution is 2.18. The number of fused-ring (bicyclic) bond motifs is 1. The molecular weight excluding hydrogens is 404 g/mol. The number of hydrogen-bond donors (Lipinski definition) is 1. The molecule has 0 radical (unpaired) electrons. The molecule has 3 aromatic rings. The average molecular weight is 435 g/mol. The third kappa shape index (κ3) is 5.66. The number of ether oxygens (including phenoxy) is 1. The molecule has 2 heterocycles. The monoisotopic (exact) mass is 434 g/mol. The van der Waals surface area contributed by atoms with Crippen molar-refractivity contribution in [3.8, 4) is 5.75 Å². The van der Waals surface area contributed by atoms with Crippen molar-refractivity contribution in [2.24, 2.45) is 0 Å². The van der Waals surface area contributed by atoms with E-state index < -0.39 is 0 Å². The van der Waals surface area contributed by atoms with E-state index in [4.69, 9.17) is 9.72 Å². The largest absolute Gasteiger partial charge is 0.484 e. The maximum Gasteiger partial charge on any atom is 0.257 e. The summed E-state index contributed by atoms with van der Waals surface area (Å²) in [6, 6.07) is 17.1. The van der Waals surface area contributed by atoms with E-state index in [1.54, 1.807) is 0 Å². The van der Waals surface area contributed by atoms with Gasteiger partial charge in [-0.05, 0) is 37.1 Å². The Balaban J connectivity index is 1.37. The van der Waals surface area contributed by atoms with Crippen molar-refractivity contribution in [1.29, 1.82) is 0 Å². The standard InChI is InChI=1S/C25H30N4O3/c30-24(19-32-20-10-4-3-5-11-20)26-15-14-23-27-21-12-6-7-13-22(21)29(23)18-25(31)28-16-8-1-2-9-17-28/h3-7,10-13H,1-2,8-9,14-19H2,(H,26,30). The van der Waals surface area contributed by atoms with E-state index >= 15 is 0 Å². The molecule has 168 valence electrons. The minimum absolute atomic E-state index is 0.0339. The summed E-state index contributed by atoms with van der Waals surface area (Å²) in [6.07, 6.45) is 5.06. The number of carbonyl (C=O) groups is 2. The van der Waals surface area contributed by atoms with Crippen LogP contribution in [0.3, 0.4) is 0 Å². The fourth-order valence-corrected chi connectivity index (χ4v) is 4.08. The molecule has 4 rings (SSSR count). The number of amides is 2. The van der Waals surface area contributed by atoms with Crippen LogP contribution in [0.4, 0.5) is 0 Å². The number of likely N-dealkylation sites (tertiary alicyclic amines) is 1. The van der Waals surface area contributed by atoms with Gasteiger partial charge in [0.05, 0.1) is 11.0 Å². The molecule has 0 unspecified atom stereocenters. The van der Waals surface area contributed by atoms with Gasteiger partial charge in [0.15, 0.2) is 6.61 Å². The van der Waals surface area contributed by atoms with Crippen molar-refractivity contribution in [3.63, 3.8) is 0 Å². The van der Waals surface area contributed by atoms with Crippen LogP contribution < -0.4 is 10.1 Å². The molecule has 7 nitrogen and oxygen atoms in total. The summed E-state index contributed by atoms with van der Waals surface area (Å²) >= 11 is 0. The van der Waals surface area contributed by atoms with E-state index in [1.165, 1.54) is 12.8 Å². The third-order valence-electron chi connectivity index (χ3n) is 5.77. The van der Waals surface area contributed by atoms with Crippen LogP contribution in [0, 0.1) is 0 Å².